The van der Waals surface area contributed by atoms with Crippen molar-refractivity contribution in [1.29, 1.82) is 0 Å². The molecule has 0 radical (unpaired) electrons. The molecule has 1 heterocycles. The Kier molecular flexibility index (Phi) is 4.80. The van der Waals surface area contributed by atoms with Crippen molar-refractivity contribution in [3.8, 4) is 0 Å². The van der Waals surface area contributed by atoms with Crippen LogP contribution in [0.4, 0.5) is 5.69 Å². The second-order valence-corrected chi connectivity index (χ2v) is 6.11. The van der Waals surface area contributed by atoms with E-state index in [1.54, 1.807) is 22.8 Å². The number of benzene rings is 2. The molecular formula is C21H20N2O2. The number of nitrogens with zero attached hydrogens (tertiary/aromatic N) is 1. The highest BCUT2D eigenvalue weighted by Gasteiger charge is 2.20. The number of Topliss-reactive ketones (excluding diaryl/α,β-unsaturated/α-hetero) is 1. The van der Waals surface area contributed by atoms with Crippen molar-refractivity contribution in [2.24, 2.45) is 0 Å². The number of para-hydroxylation sites is 1. The molecule has 0 bridgehead atoms. The smallest absolute Gasteiger partial charge is 0.298 e. The van der Waals surface area contributed by atoms with E-state index in [1.165, 1.54) is 5.56 Å². The predicted octanol–water partition coefficient (Wildman–Crippen LogP) is 3.97. The van der Waals surface area contributed by atoms with Gasteiger partial charge in [-0.05, 0) is 43.2 Å². The van der Waals surface area contributed by atoms with Gasteiger partial charge in [0.05, 0.1) is 5.69 Å². The maximum absolute atomic E-state index is 12.6. The summed E-state index contributed by atoms with van der Waals surface area (Å²) >= 11 is 0. The van der Waals surface area contributed by atoms with Gasteiger partial charge in [-0.3, -0.25) is 9.59 Å². The molecular weight excluding hydrogens is 312 g/mol. The van der Waals surface area contributed by atoms with Crippen LogP contribution in [0.2, 0.25) is 0 Å². The number of hydrogen-bond donors (Lipinski definition) is 1. The number of rotatable bonds is 5. The van der Waals surface area contributed by atoms with Gasteiger partial charge in [-0.15, -0.1) is 0 Å². The Morgan fingerprint density at radius 3 is 2.36 bits per heavy atom. The molecule has 1 aromatic heterocycles. The zero-order chi connectivity index (χ0) is 17.8. The Bertz CT molecular complexity index is 908. The highest BCUT2D eigenvalue weighted by molar-refractivity contribution is 6.46. The van der Waals surface area contributed by atoms with Gasteiger partial charge >= 0.3 is 0 Å². The van der Waals surface area contributed by atoms with E-state index in [2.05, 4.69) is 5.32 Å². The molecule has 0 saturated heterocycles. The lowest BCUT2D eigenvalue weighted by molar-refractivity contribution is -0.112. The van der Waals surface area contributed by atoms with Crippen molar-refractivity contribution in [3.05, 3.63) is 89.2 Å². The third-order valence-electron chi connectivity index (χ3n) is 4.14. The van der Waals surface area contributed by atoms with E-state index in [9.17, 15) is 9.59 Å². The molecule has 0 atom stereocenters. The van der Waals surface area contributed by atoms with E-state index < -0.39 is 11.7 Å². The van der Waals surface area contributed by atoms with Crippen LogP contribution >= 0.6 is 0 Å². The number of hydrogen-bond acceptors (Lipinski definition) is 2. The summed E-state index contributed by atoms with van der Waals surface area (Å²) in [6.07, 6.45) is 1.81. The van der Waals surface area contributed by atoms with E-state index in [0.717, 1.165) is 11.1 Å². The van der Waals surface area contributed by atoms with Gasteiger partial charge in [-0.1, -0.05) is 48.0 Å². The molecule has 3 rings (SSSR count). The van der Waals surface area contributed by atoms with Crippen LogP contribution in [-0.4, -0.2) is 16.3 Å². The van der Waals surface area contributed by atoms with Gasteiger partial charge < -0.3 is 9.88 Å². The molecule has 0 aliphatic carbocycles. The van der Waals surface area contributed by atoms with Gasteiger partial charge in [0.25, 0.3) is 11.7 Å². The second-order valence-electron chi connectivity index (χ2n) is 6.11. The van der Waals surface area contributed by atoms with Crippen molar-refractivity contribution in [2.75, 3.05) is 5.32 Å². The summed E-state index contributed by atoms with van der Waals surface area (Å²) in [5.41, 5.74) is 4.21. The molecule has 1 amide bonds. The number of aryl methyl sites for hydroxylation is 2. The zero-order valence-corrected chi connectivity index (χ0v) is 14.3. The molecule has 0 saturated carbocycles. The van der Waals surface area contributed by atoms with Crippen LogP contribution in [-0.2, 0) is 11.3 Å². The predicted molar refractivity (Wildman–Crippen MR) is 98.9 cm³/mol. The molecule has 3 aromatic rings. The number of nitrogens with one attached hydrogen (secondary N) is 1. The molecule has 0 spiro atoms. The summed E-state index contributed by atoms with van der Waals surface area (Å²) < 4.78 is 1.80. The standard InChI is InChI=1S/C21H20N2O2/c1-15-9-11-17(12-10-15)14-23-13-5-8-19(23)20(24)21(25)22-18-7-4-3-6-16(18)2/h3-13H,14H2,1-2H3,(H,22,25). The normalized spacial score (nSPS) is 10.5. The average molecular weight is 332 g/mol. The fraction of sp³-hybridized carbons (Fsp3) is 0.143. The maximum atomic E-state index is 12.6. The molecule has 4 heteroatoms. The number of ketones is 1. The third-order valence-corrected chi connectivity index (χ3v) is 4.14. The van der Waals surface area contributed by atoms with Crippen molar-refractivity contribution >= 4 is 17.4 Å². The lowest BCUT2D eigenvalue weighted by Crippen LogP contribution is -2.25. The summed E-state index contributed by atoms with van der Waals surface area (Å²) in [6, 6.07) is 19.0. The molecule has 25 heavy (non-hydrogen) atoms. The lowest BCUT2D eigenvalue weighted by Gasteiger charge is -2.10. The van der Waals surface area contributed by atoms with E-state index in [1.807, 2.05) is 62.5 Å². The summed E-state index contributed by atoms with van der Waals surface area (Å²) in [7, 11) is 0. The minimum Gasteiger partial charge on any atom is -0.340 e. The molecule has 0 aliphatic rings. The van der Waals surface area contributed by atoms with Crippen molar-refractivity contribution in [3.63, 3.8) is 0 Å². The number of carbonyl (C=O) groups excluding carboxylic acids is 2. The van der Waals surface area contributed by atoms with E-state index >= 15 is 0 Å². The summed E-state index contributed by atoms with van der Waals surface area (Å²) in [4.78, 5) is 24.9. The van der Waals surface area contributed by atoms with E-state index in [0.29, 0.717) is 17.9 Å². The molecule has 4 nitrogen and oxygen atoms in total. The monoisotopic (exact) mass is 332 g/mol. The third kappa shape index (κ3) is 3.86. The van der Waals surface area contributed by atoms with Gasteiger partial charge in [-0.25, -0.2) is 0 Å². The van der Waals surface area contributed by atoms with Gasteiger partial charge in [0.15, 0.2) is 0 Å². The SMILES string of the molecule is Cc1ccc(Cn2cccc2C(=O)C(=O)Nc2ccccc2C)cc1. The van der Waals surface area contributed by atoms with Crippen LogP contribution in [0.5, 0.6) is 0 Å². The van der Waals surface area contributed by atoms with Crippen LogP contribution in [0.25, 0.3) is 0 Å². The van der Waals surface area contributed by atoms with Gasteiger partial charge in [0, 0.05) is 18.4 Å². The fourth-order valence-corrected chi connectivity index (χ4v) is 2.66. The summed E-state index contributed by atoms with van der Waals surface area (Å²) in [5.74, 6) is -1.17. The first kappa shape index (κ1) is 16.7. The van der Waals surface area contributed by atoms with Gasteiger partial charge in [0.1, 0.15) is 0 Å². The summed E-state index contributed by atoms with van der Waals surface area (Å²) in [6.45, 7) is 4.47. The van der Waals surface area contributed by atoms with Gasteiger partial charge in [-0.2, -0.15) is 0 Å². The van der Waals surface area contributed by atoms with Crippen molar-refractivity contribution < 1.29 is 9.59 Å². The fourth-order valence-electron chi connectivity index (χ4n) is 2.66. The van der Waals surface area contributed by atoms with E-state index in [4.69, 9.17) is 0 Å². The summed E-state index contributed by atoms with van der Waals surface area (Å²) in [5, 5.41) is 2.69. The van der Waals surface area contributed by atoms with Crippen LogP contribution in [0, 0.1) is 13.8 Å². The lowest BCUT2D eigenvalue weighted by atomic mass is 10.1. The minimum atomic E-state index is -0.627. The topological polar surface area (TPSA) is 51.1 Å². The molecule has 0 unspecified atom stereocenters. The van der Waals surface area contributed by atoms with Crippen molar-refractivity contribution in [2.45, 2.75) is 20.4 Å². The van der Waals surface area contributed by atoms with Crippen molar-refractivity contribution in [1.82, 2.24) is 4.57 Å². The Morgan fingerprint density at radius 2 is 1.64 bits per heavy atom. The first-order chi connectivity index (χ1) is 12.0. The average Bonchev–Trinajstić information content (AvgIpc) is 3.06. The van der Waals surface area contributed by atoms with Crippen LogP contribution in [0.1, 0.15) is 27.2 Å². The largest absolute Gasteiger partial charge is 0.340 e. The molecule has 126 valence electrons. The van der Waals surface area contributed by atoms with Crippen LogP contribution in [0.3, 0.4) is 0 Å². The van der Waals surface area contributed by atoms with E-state index in [-0.39, 0.29) is 0 Å². The Labute approximate surface area is 147 Å². The molecule has 1 N–H and O–H groups in total. The maximum Gasteiger partial charge on any atom is 0.298 e. The van der Waals surface area contributed by atoms with Crippen LogP contribution < -0.4 is 5.32 Å². The van der Waals surface area contributed by atoms with Crippen LogP contribution in [0.15, 0.2) is 66.9 Å². The number of aromatic nitrogens is 1. The zero-order valence-electron chi connectivity index (χ0n) is 14.3. The Hall–Kier alpha value is -3.14. The molecule has 2 aromatic carbocycles. The van der Waals surface area contributed by atoms with Gasteiger partial charge in [0.2, 0.25) is 0 Å². The molecule has 0 fully saturated rings. The Morgan fingerprint density at radius 1 is 0.920 bits per heavy atom. The number of carbonyl (C=O) groups is 2. The highest BCUT2D eigenvalue weighted by Crippen LogP contribution is 2.15. The first-order valence-corrected chi connectivity index (χ1v) is 8.16. The first-order valence-electron chi connectivity index (χ1n) is 8.16. The Balaban J connectivity index is 1.77. The minimum absolute atomic E-state index is 0.381. The molecule has 0 aliphatic heterocycles. The second kappa shape index (κ2) is 7.18. The number of amides is 1. The quantitative estimate of drug-likeness (QED) is 0.568. The number of anilines is 1. The highest BCUT2D eigenvalue weighted by atomic mass is 16.2.